The summed E-state index contributed by atoms with van der Waals surface area (Å²) in [7, 11) is 0. The maximum absolute atomic E-state index is 11.8. The molecule has 0 aromatic heterocycles. The van der Waals surface area contributed by atoms with Crippen molar-refractivity contribution in [2.75, 3.05) is 0 Å². The van der Waals surface area contributed by atoms with Crippen molar-refractivity contribution in [2.45, 2.75) is 18.5 Å². The molecule has 0 saturated heterocycles. The van der Waals surface area contributed by atoms with Crippen LogP contribution in [0.1, 0.15) is 16.8 Å². The average molecular weight is 337 g/mol. The molecule has 2 atom stereocenters. The Hall–Kier alpha value is -0.330. The summed E-state index contributed by atoms with van der Waals surface area (Å²) in [6.07, 6.45) is 0.864. The topological polar surface area (TPSA) is 55.1 Å². The fourth-order valence-electron chi connectivity index (χ4n) is 1.30. The lowest BCUT2D eigenvalue weighted by Crippen LogP contribution is -2.30. The van der Waals surface area contributed by atoms with E-state index in [1.54, 1.807) is 12.1 Å². The largest absolute Gasteiger partial charge is 0.348 e. The molecular weight excluding hydrogens is 326 g/mol. The first kappa shape index (κ1) is 11.2. The van der Waals surface area contributed by atoms with Gasteiger partial charge in [-0.05, 0) is 47.2 Å². The number of benzene rings is 1. The Labute approximate surface area is 107 Å². The van der Waals surface area contributed by atoms with Crippen LogP contribution in [0.15, 0.2) is 18.2 Å². The number of carbonyl (C=O) groups is 1. The minimum absolute atomic E-state index is 0.0974. The standard InChI is InChI=1S/C10H10ClIN2O/c11-5-1-2-7(12)6(3-5)10(15)14-9-4-8(9)13/h1-3,8-9H,4,13H2,(H,14,15). The third kappa shape index (κ3) is 2.62. The van der Waals surface area contributed by atoms with Crippen LogP contribution in [-0.2, 0) is 0 Å². The van der Waals surface area contributed by atoms with E-state index in [1.807, 2.05) is 6.07 Å². The van der Waals surface area contributed by atoms with Crippen molar-refractivity contribution >= 4 is 40.1 Å². The van der Waals surface area contributed by atoms with Crippen LogP contribution in [0.5, 0.6) is 0 Å². The van der Waals surface area contributed by atoms with E-state index >= 15 is 0 Å². The second kappa shape index (κ2) is 4.27. The highest BCUT2D eigenvalue weighted by Crippen LogP contribution is 2.21. The minimum atomic E-state index is -0.0974. The molecule has 3 N–H and O–H groups in total. The number of carbonyl (C=O) groups excluding carboxylic acids is 1. The molecule has 2 rings (SSSR count). The lowest BCUT2D eigenvalue weighted by Gasteiger charge is -2.06. The highest BCUT2D eigenvalue weighted by atomic mass is 127. The van der Waals surface area contributed by atoms with E-state index in [2.05, 4.69) is 27.9 Å². The van der Waals surface area contributed by atoms with Crippen LogP contribution in [-0.4, -0.2) is 18.0 Å². The Kier molecular flexibility index (Phi) is 3.18. The Balaban J connectivity index is 2.14. The zero-order valence-electron chi connectivity index (χ0n) is 7.84. The molecule has 80 valence electrons. The first-order valence-corrected chi connectivity index (χ1v) is 6.05. The summed E-state index contributed by atoms with van der Waals surface area (Å²) in [5, 5.41) is 3.43. The molecule has 0 aliphatic heterocycles. The Bertz CT molecular complexity index is 410. The number of hydrogen-bond donors (Lipinski definition) is 2. The van der Waals surface area contributed by atoms with Gasteiger partial charge in [0.2, 0.25) is 0 Å². The second-order valence-electron chi connectivity index (χ2n) is 3.60. The van der Waals surface area contributed by atoms with Gasteiger partial charge in [-0.15, -0.1) is 0 Å². The number of nitrogens with two attached hydrogens (primary N) is 1. The van der Waals surface area contributed by atoms with Crippen molar-refractivity contribution < 1.29 is 4.79 Å². The van der Waals surface area contributed by atoms with E-state index in [9.17, 15) is 4.79 Å². The van der Waals surface area contributed by atoms with Crippen molar-refractivity contribution in [3.8, 4) is 0 Å². The highest BCUT2D eigenvalue weighted by molar-refractivity contribution is 14.1. The van der Waals surface area contributed by atoms with E-state index in [1.165, 1.54) is 0 Å². The van der Waals surface area contributed by atoms with Crippen molar-refractivity contribution in [1.29, 1.82) is 0 Å². The third-order valence-electron chi connectivity index (χ3n) is 2.33. The van der Waals surface area contributed by atoms with Crippen molar-refractivity contribution in [3.63, 3.8) is 0 Å². The van der Waals surface area contributed by atoms with Gasteiger partial charge in [0.05, 0.1) is 5.56 Å². The predicted octanol–water partition coefficient (Wildman–Crippen LogP) is 1.77. The summed E-state index contributed by atoms with van der Waals surface area (Å²) in [5.74, 6) is -0.0974. The summed E-state index contributed by atoms with van der Waals surface area (Å²) in [6.45, 7) is 0. The number of halogens is 2. The molecule has 1 aliphatic rings. The number of hydrogen-bond acceptors (Lipinski definition) is 2. The smallest absolute Gasteiger partial charge is 0.252 e. The maximum Gasteiger partial charge on any atom is 0.252 e. The summed E-state index contributed by atoms with van der Waals surface area (Å²) < 4.78 is 0.892. The summed E-state index contributed by atoms with van der Waals surface area (Å²) in [6, 6.07) is 5.51. The molecule has 15 heavy (non-hydrogen) atoms. The first-order valence-electron chi connectivity index (χ1n) is 4.59. The van der Waals surface area contributed by atoms with Gasteiger partial charge >= 0.3 is 0 Å². The van der Waals surface area contributed by atoms with E-state index < -0.39 is 0 Å². The highest BCUT2D eigenvalue weighted by Gasteiger charge is 2.35. The van der Waals surface area contributed by atoms with E-state index in [4.69, 9.17) is 17.3 Å². The van der Waals surface area contributed by atoms with Gasteiger partial charge in [-0.1, -0.05) is 11.6 Å². The normalized spacial score (nSPS) is 23.7. The van der Waals surface area contributed by atoms with Crippen LogP contribution in [0.25, 0.3) is 0 Å². The van der Waals surface area contributed by atoms with Gasteiger partial charge in [0, 0.05) is 20.7 Å². The molecule has 1 aromatic carbocycles. The van der Waals surface area contributed by atoms with Gasteiger partial charge in [0.1, 0.15) is 0 Å². The van der Waals surface area contributed by atoms with E-state index in [0.29, 0.717) is 10.6 Å². The number of rotatable bonds is 2. The molecule has 5 heteroatoms. The minimum Gasteiger partial charge on any atom is -0.348 e. The fourth-order valence-corrected chi connectivity index (χ4v) is 2.05. The molecule has 1 amide bonds. The predicted molar refractivity (Wildman–Crippen MR) is 68.0 cm³/mol. The zero-order chi connectivity index (χ0) is 11.0. The number of amides is 1. The molecule has 0 spiro atoms. The molecule has 2 unspecified atom stereocenters. The van der Waals surface area contributed by atoms with Gasteiger partial charge in [0.15, 0.2) is 0 Å². The van der Waals surface area contributed by atoms with Gasteiger partial charge in [-0.2, -0.15) is 0 Å². The van der Waals surface area contributed by atoms with Crippen LogP contribution in [0, 0.1) is 3.57 Å². The Morgan fingerprint density at radius 2 is 2.27 bits per heavy atom. The summed E-state index contributed by atoms with van der Waals surface area (Å²) in [4.78, 5) is 11.8. The number of nitrogens with one attached hydrogen (secondary N) is 1. The van der Waals surface area contributed by atoms with Crippen LogP contribution >= 0.6 is 34.2 Å². The molecule has 1 aromatic rings. The first-order chi connectivity index (χ1) is 7.08. The molecule has 1 saturated carbocycles. The summed E-state index contributed by atoms with van der Waals surface area (Å²) >= 11 is 7.95. The van der Waals surface area contributed by atoms with Gasteiger partial charge in [0.25, 0.3) is 5.91 Å². The quantitative estimate of drug-likeness (QED) is 0.809. The van der Waals surface area contributed by atoms with Crippen LogP contribution in [0.3, 0.4) is 0 Å². The Morgan fingerprint density at radius 3 is 2.87 bits per heavy atom. The molecule has 3 nitrogen and oxygen atoms in total. The van der Waals surface area contributed by atoms with Crippen molar-refractivity contribution in [1.82, 2.24) is 5.32 Å². The van der Waals surface area contributed by atoms with Gasteiger partial charge in [-0.3, -0.25) is 4.79 Å². The molecule has 0 bridgehead atoms. The molecular formula is C10H10ClIN2O. The molecule has 0 radical (unpaired) electrons. The van der Waals surface area contributed by atoms with Crippen LogP contribution in [0.2, 0.25) is 5.02 Å². The maximum atomic E-state index is 11.8. The molecule has 0 heterocycles. The van der Waals surface area contributed by atoms with Gasteiger partial charge in [-0.25, -0.2) is 0 Å². The second-order valence-corrected chi connectivity index (χ2v) is 5.20. The molecule has 1 fully saturated rings. The lowest BCUT2D eigenvalue weighted by atomic mass is 10.2. The average Bonchev–Trinajstić information content (AvgIpc) is 2.86. The fraction of sp³-hybridized carbons (Fsp3) is 0.300. The molecule has 1 aliphatic carbocycles. The van der Waals surface area contributed by atoms with Gasteiger partial charge < -0.3 is 11.1 Å². The van der Waals surface area contributed by atoms with Crippen LogP contribution < -0.4 is 11.1 Å². The van der Waals surface area contributed by atoms with Crippen molar-refractivity contribution in [2.24, 2.45) is 5.73 Å². The van der Waals surface area contributed by atoms with Crippen molar-refractivity contribution in [3.05, 3.63) is 32.4 Å². The third-order valence-corrected chi connectivity index (χ3v) is 3.51. The van der Waals surface area contributed by atoms with E-state index in [0.717, 1.165) is 9.99 Å². The lowest BCUT2D eigenvalue weighted by molar-refractivity contribution is 0.0949. The summed E-state index contributed by atoms with van der Waals surface area (Å²) in [5.41, 5.74) is 6.23. The SMILES string of the molecule is NC1CC1NC(=O)c1cc(Cl)ccc1I. The zero-order valence-corrected chi connectivity index (χ0v) is 10.7. The van der Waals surface area contributed by atoms with E-state index in [-0.39, 0.29) is 18.0 Å². The van der Waals surface area contributed by atoms with Crippen LogP contribution in [0.4, 0.5) is 0 Å². The monoisotopic (exact) mass is 336 g/mol. The Morgan fingerprint density at radius 1 is 1.60 bits per heavy atom.